The Bertz CT molecular complexity index is 1110. The highest BCUT2D eigenvalue weighted by molar-refractivity contribution is 5.82. The van der Waals surface area contributed by atoms with Crippen LogP contribution in [0.4, 0.5) is 0 Å². The molecular weight excluding hydrogens is 368 g/mol. The van der Waals surface area contributed by atoms with E-state index in [0.717, 1.165) is 42.9 Å². The number of H-pyrrole nitrogens is 1. The van der Waals surface area contributed by atoms with Crippen molar-refractivity contribution in [1.29, 1.82) is 0 Å². The minimum Gasteiger partial charge on any atom is -0.342 e. The summed E-state index contributed by atoms with van der Waals surface area (Å²) in [4.78, 5) is 10.0. The van der Waals surface area contributed by atoms with Gasteiger partial charge in [-0.05, 0) is 86.5 Å². The molecule has 154 valence electrons. The summed E-state index contributed by atoms with van der Waals surface area (Å²) in [5.41, 5.74) is 8.34. The smallest absolute Gasteiger partial charge is 0.104 e. The predicted molar refractivity (Wildman–Crippen MR) is 127 cm³/mol. The lowest BCUT2D eigenvalue weighted by atomic mass is 9.99. The quantitative estimate of drug-likeness (QED) is 0.399. The number of aromatic nitrogens is 2. The molecule has 3 aromatic carbocycles. The van der Waals surface area contributed by atoms with Gasteiger partial charge in [0.2, 0.25) is 0 Å². The number of imidazole rings is 1. The maximum absolute atomic E-state index is 4.49. The van der Waals surface area contributed by atoms with Crippen molar-refractivity contribution >= 4 is 11.0 Å². The van der Waals surface area contributed by atoms with Crippen molar-refractivity contribution in [2.75, 3.05) is 27.2 Å². The van der Waals surface area contributed by atoms with Gasteiger partial charge in [-0.2, -0.15) is 0 Å². The maximum atomic E-state index is 4.49. The Hall–Kier alpha value is -2.95. The summed E-state index contributed by atoms with van der Waals surface area (Å²) in [7, 11) is 4.23. The monoisotopic (exact) mass is 398 g/mol. The molecule has 0 saturated heterocycles. The van der Waals surface area contributed by atoms with E-state index >= 15 is 0 Å². The third-order valence-corrected chi connectivity index (χ3v) is 5.37. The Kier molecular flexibility index (Phi) is 6.26. The van der Waals surface area contributed by atoms with Gasteiger partial charge in [0.1, 0.15) is 5.82 Å². The maximum Gasteiger partial charge on any atom is 0.104 e. The first-order chi connectivity index (χ1) is 14.6. The highest BCUT2D eigenvalue weighted by atomic mass is 15.1. The Morgan fingerprint density at radius 2 is 1.57 bits per heavy atom. The Morgan fingerprint density at radius 1 is 0.867 bits per heavy atom. The van der Waals surface area contributed by atoms with Crippen LogP contribution in [0.5, 0.6) is 0 Å². The number of hydrogen-bond donors (Lipinski definition) is 2. The lowest BCUT2D eigenvalue weighted by molar-refractivity contribution is 0.394. The van der Waals surface area contributed by atoms with Gasteiger partial charge >= 0.3 is 0 Å². The van der Waals surface area contributed by atoms with Crippen LogP contribution in [0.25, 0.3) is 33.3 Å². The van der Waals surface area contributed by atoms with Crippen LogP contribution in [0.15, 0.2) is 66.7 Å². The van der Waals surface area contributed by atoms with E-state index < -0.39 is 0 Å². The van der Waals surface area contributed by atoms with Gasteiger partial charge in [-0.3, -0.25) is 0 Å². The molecule has 0 fully saturated rings. The van der Waals surface area contributed by atoms with Crippen molar-refractivity contribution < 1.29 is 0 Å². The summed E-state index contributed by atoms with van der Waals surface area (Å²) in [5, 5.41) is 3.55. The van der Waals surface area contributed by atoms with Crippen molar-refractivity contribution in [1.82, 2.24) is 20.2 Å². The lowest BCUT2D eigenvalue weighted by Gasteiger charge is -2.11. The molecule has 2 N–H and O–H groups in total. The first-order valence-corrected chi connectivity index (χ1v) is 10.6. The van der Waals surface area contributed by atoms with E-state index in [2.05, 4.69) is 101 Å². The van der Waals surface area contributed by atoms with Crippen LogP contribution in [0.2, 0.25) is 0 Å². The van der Waals surface area contributed by atoms with Crippen molar-refractivity contribution in [2.24, 2.45) is 0 Å². The van der Waals surface area contributed by atoms with Crippen LogP contribution in [-0.2, 0) is 6.54 Å². The SMILES string of the molecule is Cc1nc2ccc(-c3ccc(-c4cccc(CNCCCN(C)C)c4)cc3)cc2[nH]1. The van der Waals surface area contributed by atoms with Crippen molar-refractivity contribution in [3.05, 3.63) is 78.1 Å². The topological polar surface area (TPSA) is 44.0 Å². The molecule has 0 spiro atoms. The van der Waals surface area contributed by atoms with Gasteiger partial charge in [0.15, 0.2) is 0 Å². The normalized spacial score (nSPS) is 11.5. The first kappa shape index (κ1) is 20.3. The zero-order valence-electron chi connectivity index (χ0n) is 18.1. The standard InChI is InChI=1S/C26H30N4/c1-19-28-25-13-12-24(17-26(25)29-19)22-10-8-21(9-11-22)23-7-4-6-20(16-23)18-27-14-5-15-30(2)3/h4,6-13,16-17,27H,5,14-15,18H2,1-3H3,(H,28,29). The van der Waals surface area contributed by atoms with Crippen molar-refractivity contribution in [3.63, 3.8) is 0 Å². The summed E-state index contributed by atoms with van der Waals surface area (Å²) in [6, 6.07) is 24.0. The number of hydrogen-bond acceptors (Lipinski definition) is 3. The van der Waals surface area contributed by atoms with Crippen LogP contribution < -0.4 is 5.32 Å². The third-order valence-electron chi connectivity index (χ3n) is 5.37. The molecule has 0 unspecified atom stereocenters. The third kappa shape index (κ3) is 4.96. The second-order valence-corrected chi connectivity index (χ2v) is 8.17. The van der Waals surface area contributed by atoms with Crippen LogP contribution in [0, 0.1) is 6.92 Å². The lowest BCUT2D eigenvalue weighted by Crippen LogP contribution is -2.20. The molecular formula is C26H30N4. The molecule has 0 atom stereocenters. The zero-order chi connectivity index (χ0) is 20.9. The van der Waals surface area contributed by atoms with Gasteiger partial charge < -0.3 is 15.2 Å². The number of nitrogens with zero attached hydrogens (tertiary/aromatic N) is 2. The fraction of sp³-hybridized carbons (Fsp3) is 0.269. The fourth-order valence-electron chi connectivity index (χ4n) is 3.79. The molecule has 0 aliphatic rings. The molecule has 30 heavy (non-hydrogen) atoms. The van der Waals surface area contributed by atoms with Crippen LogP contribution >= 0.6 is 0 Å². The van der Waals surface area contributed by atoms with Gasteiger partial charge in [0, 0.05) is 6.54 Å². The largest absolute Gasteiger partial charge is 0.342 e. The highest BCUT2D eigenvalue weighted by Gasteiger charge is 2.05. The van der Waals surface area contributed by atoms with Crippen LogP contribution in [-0.4, -0.2) is 42.1 Å². The molecule has 0 aliphatic carbocycles. The summed E-state index contributed by atoms with van der Waals surface area (Å²) in [6.45, 7) is 5.05. The van der Waals surface area contributed by atoms with Gasteiger partial charge in [0.05, 0.1) is 11.0 Å². The molecule has 0 bridgehead atoms. The first-order valence-electron chi connectivity index (χ1n) is 10.6. The van der Waals surface area contributed by atoms with Crippen LogP contribution in [0.3, 0.4) is 0 Å². The van der Waals surface area contributed by atoms with E-state index in [9.17, 15) is 0 Å². The minimum atomic E-state index is 0.906. The van der Waals surface area contributed by atoms with Gasteiger partial charge in [-0.1, -0.05) is 48.5 Å². The predicted octanol–water partition coefficient (Wildman–Crippen LogP) is 5.25. The molecule has 4 aromatic rings. The van der Waals surface area contributed by atoms with Gasteiger partial charge in [-0.25, -0.2) is 4.98 Å². The highest BCUT2D eigenvalue weighted by Crippen LogP contribution is 2.27. The second-order valence-electron chi connectivity index (χ2n) is 8.17. The van der Waals surface area contributed by atoms with Crippen molar-refractivity contribution in [3.8, 4) is 22.3 Å². The number of aryl methyl sites for hydroxylation is 1. The number of rotatable bonds is 8. The number of fused-ring (bicyclic) bond motifs is 1. The molecule has 1 aromatic heterocycles. The summed E-state index contributed by atoms with van der Waals surface area (Å²) in [5.74, 6) is 0.949. The van der Waals surface area contributed by atoms with E-state index in [4.69, 9.17) is 0 Å². The number of nitrogens with one attached hydrogen (secondary N) is 2. The summed E-state index contributed by atoms with van der Waals surface area (Å²) in [6.07, 6.45) is 1.16. The van der Waals surface area contributed by atoms with Gasteiger partial charge in [-0.15, -0.1) is 0 Å². The molecule has 4 rings (SSSR count). The van der Waals surface area contributed by atoms with Gasteiger partial charge in [0.25, 0.3) is 0 Å². The van der Waals surface area contributed by atoms with E-state index in [1.54, 1.807) is 0 Å². The molecule has 0 saturated carbocycles. The van der Waals surface area contributed by atoms with Crippen LogP contribution in [0.1, 0.15) is 17.8 Å². The molecule has 4 nitrogen and oxygen atoms in total. The second kappa shape index (κ2) is 9.24. The molecule has 4 heteroatoms. The Labute approximate surface area is 179 Å². The van der Waals surface area contributed by atoms with Crippen molar-refractivity contribution in [2.45, 2.75) is 19.9 Å². The van der Waals surface area contributed by atoms with E-state index in [-0.39, 0.29) is 0 Å². The summed E-state index contributed by atoms with van der Waals surface area (Å²) >= 11 is 0. The fourth-order valence-corrected chi connectivity index (χ4v) is 3.79. The van der Waals surface area contributed by atoms with E-state index in [1.807, 2.05) is 6.92 Å². The average molecular weight is 399 g/mol. The average Bonchev–Trinajstić information content (AvgIpc) is 3.13. The molecule has 0 radical (unpaired) electrons. The Morgan fingerprint density at radius 3 is 2.30 bits per heavy atom. The Balaban J connectivity index is 1.44. The zero-order valence-corrected chi connectivity index (χ0v) is 18.1. The van der Waals surface area contributed by atoms with E-state index in [0.29, 0.717) is 0 Å². The molecule has 0 amide bonds. The number of aromatic amines is 1. The molecule has 0 aliphatic heterocycles. The molecule has 1 heterocycles. The van der Waals surface area contributed by atoms with E-state index in [1.165, 1.54) is 27.8 Å². The summed E-state index contributed by atoms with van der Waals surface area (Å²) < 4.78 is 0. The number of benzene rings is 3. The minimum absolute atomic E-state index is 0.906.